The molecule has 1 N–H and O–H groups in total. The zero-order valence-electron chi connectivity index (χ0n) is 11.3. The Bertz CT molecular complexity index is 421. The molecule has 0 spiro atoms. The van der Waals surface area contributed by atoms with Crippen LogP contribution in [0, 0.1) is 0 Å². The number of fused-ring (bicyclic) bond motifs is 1. The minimum absolute atomic E-state index is 0.0220. The van der Waals surface area contributed by atoms with E-state index in [1.165, 1.54) is 36.8 Å². The third kappa shape index (κ3) is 2.54. The van der Waals surface area contributed by atoms with Crippen molar-refractivity contribution in [2.24, 2.45) is 0 Å². The fourth-order valence-electron chi connectivity index (χ4n) is 3.12. The van der Waals surface area contributed by atoms with Crippen molar-refractivity contribution in [3.05, 3.63) is 29.3 Å². The molecule has 1 fully saturated rings. The SMILES string of the molecule is CC1(Oc2ccc3c(c2)CCCC3)CCNCC1. The Labute approximate surface area is 110 Å². The summed E-state index contributed by atoms with van der Waals surface area (Å²) in [5.41, 5.74) is 3.06. The van der Waals surface area contributed by atoms with Crippen LogP contribution in [0.1, 0.15) is 43.7 Å². The maximum Gasteiger partial charge on any atom is 0.120 e. The molecule has 0 atom stereocenters. The van der Waals surface area contributed by atoms with E-state index in [4.69, 9.17) is 4.74 Å². The van der Waals surface area contributed by atoms with Crippen LogP contribution < -0.4 is 10.1 Å². The van der Waals surface area contributed by atoms with Crippen LogP contribution >= 0.6 is 0 Å². The molecule has 1 aliphatic carbocycles. The summed E-state index contributed by atoms with van der Waals surface area (Å²) in [7, 11) is 0. The van der Waals surface area contributed by atoms with Gasteiger partial charge in [-0.05, 0) is 81.8 Å². The standard InChI is InChI=1S/C16H23NO/c1-16(8-10-17-11-9-16)18-15-7-6-13-4-2-3-5-14(13)12-15/h6-7,12,17H,2-5,8-11H2,1H3. The maximum absolute atomic E-state index is 6.27. The third-order valence-corrected chi connectivity index (χ3v) is 4.35. The number of aryl methyl sites for hydroxylation is 2. The van der Waals surface area contributed by atoms with Gasteiger partial charge in [-0.2, -0.15) is 0 Å². The molecule has 0 aromatic heterocycles. The van der Waals surface area contributed by atoms with E-state index in [1.807, 2.05) is 0 Å². The predicted molar refractivity (Wildman–Crippen MR) is 74.2 cm³/mol. The number of hydrogen-bond donors (Lipinski definition) is 1. The van der Waals surface area contributed by atoms with Crippen molar-refractivity contribution in [1.29, 1.82) is 0 Å². The van der Waals surface area contributed by atoms with Gasteiger partial charge in [0.2, 0.25) is 0 Å². The lowest BCUT2D eigenvalue weighted by Gasteiger charge is -2.35. The number of benzene rings is 1. The fourth-order valence-corrected chi connectivity index (χ4v) is 3.12. The molecule has 0 radical (unpaired) electrons. The van der Waals surface area contributed by atoms with Crippen molar-refractivity contribution in [3.63, 3.8) is 0 Å². The number of piperidine rings is 1. The zero-order valence-corrected chi connectivity index (χ0v) is 11.3. The number of ether oxygens (including phenoxy) is 1. The van der Waals surface area contributed by atoms with Crippen LogP contribution in [0.5, 0.6) is 5.75 Å². The van der Waals surface area contributed by atoms with E-state index in [2.05, 4.69) is 30.4 Å². The molecule has 0 amide bonds. The summed E-state index contributed by atoms with van der Waals surface area (Å²) in [6, 6.07) is 6.72. The first-order valence-corrected chi connectivity index (χ1v) is 7.27. The predicted octanol–water partition coefficient (Wildman–Crippen LogP) is 3.09. The fraction of sp³-hybridized carbons (Fsp3) is 0.625. The molecule has 2 aliphatic rings. The van der Waals surface area contributed by atoms with Gasteiger partial charge >= 0.3 is 0 Å². The molecular formula is C16H23NO. The van der Waals surface area contributed by atoms with Crippen molar-refractivity contribution >= 4 is 0 Å². The average Bonchev–Trinajstić information content (AvgIpc) is 2.39. The Morgan fingerprint density at radius 1 is 1.06 bits per heavy atom. The molecule has 1 saturated heterocycles. The largest absolute Gasteiger partial charge is 0.487 e. The number of nitrogens with one attached hydrogen (secondary N) is 1. The number of rotatable bonds is 2. The molecule has 1 aliphatic heterocycles. The molecule has 2 nitrogen and oxygen atoms in total. The second kappa shape index (κ2) is 4.93. The van der Waals surface area contributed by atoms with Gasteiger partial charge in [-0.25, -0.2) is 0 Å². The van der Waals surface area contributed by atoms with E-state index < -0.39 is 0 Å². The van der Waals surface area contributed by atoms with Gasteiger partial charge in [0.15, 0.2) is 0 Å². The smallest absolute Gasteiger partial charge is 0.120 e. The second-order valence-electron chi connectivity index (χ2n) is 5.94. The Hall–Kier alpha value is -1.02. The van der Waals surface area contributed by atoms with Crippen molar-refractivity contribution in [3.8, 4) is 5.75 Å². The van der Waals surface area contributed by atoms with Crippen LogP contribution in [0.15, 0.2) is 18.2 Å². The molecule has 0 saturated carbocycles. The van der Waals surface area contributed by atoms with Gasteiger partial charge in [-0.15, -0.1) is 0 Å². The summed E-state index contributed by atoms with van der Waals surface area (Å²) in [6.07, 6.45) is 7.35. The van der Waals surface area contributed by atoms with E-state index in [0.29, 0.717) is 0 Å². The molecule has 18 heavy (non-hydrogen) atoms. The van der Waals surface area contributed by atoms with Gasteiger partial charge in [-0.3, -0.25) is 0 Å². The second-order valence-corrected chi connectivity index (χ2v) is 5.94. The van der Waals surface area contributed by atoms with Gasteiger partial charge in [0.1, 0.15) is 11.4 Å². The molecule has 2 heteroatoms. The minimum atomic E-state index is 0.0220. The third-order valence-electron chi connectivity index (χ3n) is 4.35. The summed E-state index contributed by atoms with van der Waals surface area (Å²) in [4.78, 5) is 0. The van der Waals surface area contributed by atoms with Gasteiger partial charge in [-0.1, -0.05) is 6.07 Å². The average molecular weight is 245 g/mol. The van der Waals surface area contributed by atoms with Gasteiger partial charge in [0.05, 0.1) is 0 Å². The Morgan fingerprint density at radius 2 is 1.78 bits per heavy atom. The van der Waals surface area contributed by atoms with Gasteiger partial charge in [0, 0.05) is 0 Å². The van der Waals surface area contributed by atoms with Crippen LogP contribution in [0.3, 0.4) is 0 Å². The highest BCUT2D eigenvalue weighted by Gasteiger charge is 2.28. The van der Waals surface area contributed by atoms with Crippen molar-refractivity contribution in [2.45, 2.75) is 51.0 Å². The van der Waals surface area contributed by atoms with Crippen molar-refractivity contribution in [2.75, 3.05) is 13.1 Å². The number of hydrogen-bond acceptors (Lipinski definition) is 2. The lowest BCUT2D eigenvalue weighted by molar-refractivity contribution is 0.0555. The van der Waals surface area contributed by atoms with Gasteiger partial charge in [0.25, 0.3) is 0 Å². The van der Waals surface area contributed by atoms with E-state index in [1.54, 1.807) is 0 Å². The summed E-state index contributed by atoms with van der Waals surface area (Å²) < 4.78 is 6.27. The topological polar surface area (TPSA) is 21.3 Å². The summed E-state index contributed by atoms with van der Waals surface area (Å²) in [6.45, 7) is 4.39. The lowest BCUT2D eigenvalue weighted by Crippen LogP contribution is -2.43. The molecular weight excluding hydrogens is 222 g/mol. The first-order valence-electron chi connectivity index (χ1n) is 7.27. The first kappa shape index (κ1) is 12.0. The van der Waals surface area contributed by atoms with Crippen LogP contribution in [-0.2, 0) is 12.8 Å². The van der Waals surface area contributed by atoms with Crippen LogP contribution in [-0.4, -0.2) is 18.7 Å². The Balaban J connectivity index is 1.76. The monoisotopic (exact) mass is 245 g/mol. The maximum atomic E-state index is 6.27. The summed E-state index contributed by atoms with van der Waals surface area (Å²) >= 11 is 0. The highest BCUT2D eigenvalue weighted by Crippen LogP contribution is 2.30. The van der Waals surface area contributed by atoms with E-state index in [0.717, 1.165) is 31.7 Å². The Kier molecular flexibility index (Phi) is 3.29. The normalized spacial score (nSPS) is 22.3. The van der Waals surface area contributed by atoms with Gasteiger partial charge < -0.3 is 10.1 Å². The summed E-state index contributed by atoms with van der Waals surface area (Å²) in [5, 5.41) is 3.40. The van der Waals surface area contributed by atoms with Crippen molar-refractivity contribution < 1.29 is 4.74 Å². The quantitative estimate of drug-likeness (QED) is 0.864. The highest BCUT2D eigenvalue weighted by atomic mass is 16.5. The molecule has 1 aromatic rings. The van der Waals surface area contributed by atoms with E-state index in [9.17, 15) is 0 Å². The molecule has 0 unspecified atom stereocenters. The zero-order chi connectivity index (χ0) is 12.4. The van der Waals surface area contributed by atoms with E-state index in [-0.39, 0.29) is 5.60 Å². The van der Waals surface area contributed by atoms with Crippen LogP contribution in [0.2, 0.25) is 0 Å². The van der Waals surface area contributed by atoms with Crippen LogP contribution in [0.4, 0.5) is 0 Å². The lowest BCUT2D eigenvalue weighted by atomic mass is 9.91. The molecule has 0 bridgehead atoms. The van der Waals surface area contributed by atoms with Crippen LogP contribution in [0.25, 0.3) is 0 Å². The molecule has 98 valence electrons. The van der Waals surface area contributed by atoms with Crippen molar-refractivity contribution in [1.82, 2.24) is 5.32 Å². The Morgan fingerprint density at radius 3 is 2.56 bits per heavy atom. The molecule has 1 aromatic carbocycles. The molecule has 3 rings (SSSR count). The summed E-state index contributed by atoms with van der Waals surface area (Å²) in [5.74, 6) is 1.07. The first-order chi connectivity index (χ1) is 8.75. The molecule has 1 heterocycles. The van der Waals surface area contributed by atoms with E-state index >= 15 is 0 Å². The highest BCUT2D eigenvalue weighted by molar-refractivity contribution is 5.37. The minimum Gasteiger partial charge on any atom is -0.487 e.